The second-order valence-electron chi connectivity index (χ2n) is 3.10. The molecule has 0 saturated heterocycles. The van der Waals surface area contributed by atoms with Gasteiger partial charge in [0.1, 0.15) is 6.33 Å². The molecule has 0 aliphatic carbocycles. The largest absolute Gasteiger partial charge is 0.394 e. The number of hydrogen-bond donors (Lipinski definition) is 2. The van der Waals surface area contributed by atoms with Gasteiger partial charge < -0.3 is 10.8 Å². The number of aryl methyl sites for hydroxylation is 1. The van der Waals surface area contributed by atoms with E-state index in [-0.39, 0.29) is 6.61 Å². The standard InChI is InChI=1S/C8H13N3O/c1-6-7(3-10-5-11-6)8(2,9)4-12/h3,5,12H,4,9H2,1-2H3. The highest BCUT2D eigenvalue weighted by Gasteiger charge is 2.22. The van der Waals surface area contributed by atoms with Gasteiger partial charge in [0.25, 0.3) is 0 Å². The molecule has 1 rings (SSSR count). The smallest absolute Gasteiger partial charge is 0.115 e. The van der Waals surface area contributed by atoms with Crippen LogP contribution in [0, 0.1) is 6.92 Å². The van der Waals surface area contributed by atoms with E-state index in [9.17, 15) is 0 Å². The molecule has 0 spiro atoms. The maximum atomic E-state index is 8.99. The lowest BCUT2D eigenvalue weighted by Crippen LogP contribution is -2.38. The van der Waals surface area contributed by atoms with Crippen LogP contribution in [-0.4, -0.2) is 21.7 Å². The zero-order chi connectivity index (χ0) is 9.19. The lowest BCUT2D eigenvalue weighted by molar-refractivity contribution is 0.209. The minimum atomic E-state index is -0.745. The molecule has 1 unspecified atom stereocenters. The van der Waals surface area contributed by atoms with Gasteiger partial charge in [-0.3, -0.25) is 0 Å². The van der Waals surface area contributed by atoms with Crippen molar-refractivity contribution in [1.82, 2.24) is 9.97 Å². The summed E-state index contributed by atoms with van der Waals surface area (Å²) < 4.78 is 0. The summed E-state index contributed by atoms with van der Waals surface area (Å²) in [6.07, 6.45) is 3.10. The van der Waals surface area contributed by atoms with E-state index in [1.54, 1.807) is 13.1 Å². The molecule has 1 atom stereocenters. The molecule has 66 valence electrons. The van der Waals surface area contributed by atoms with Crippen molar-refractivity contribution >= 4 is 0 Å². The maximum absolute atomic E-state index is 8.99. The summed E-state index contributed by atoms with van der Waals surface area (Å²) in [6.45, 7) is 3.48. The Bertz CT molecular complexity index is 273. The van der Waals surface area contributed by atoms with Gasteiger partial charge in [-0.05, 0) is 13.8 Å². The average Bonchev–Trinajstić information content (AvgIpc) is 2.05. The first-order valence-corrected chi connectivity index (χ1v) is 3.75. The molecular formula is C8H13N3O. The molecule has 1 aromatic heterocycles. The Kier molecular flexibility index (Phi) is 2.40. The molecule has 0 saturated carbocycles. The molecule has 0 aliphatic rings. The van der Waals surface area contributed by atoms with Gasteiger partial charge in [0.2, 0.25) is 0 Å². The van der Waals surface area contributed by atoms with Crippen LogP contribution in [0.15, 0.2) is 12.5 Å². The van der Waals surface area contributed by atoms with E-state index in [0.29, 0.717) is 0 Å². The summed E-state index contributed by atoms with van der Waals surface area (Å²) in [5.74, 6) is 0. The number of hydrogen-bond acceptors (Lipinski definition) is 4. The molecular weight excluding hydrogens is 154 g/mol. The first kappa shape index (κ1) is 9.09. The number of aliphatic hydroxyl groups excluding tert-OH is 1. The van der Waals surface area contributed by atoms with Gasteiger partial charge >= 0.3 is 0 Å². The molecule has 0 radical (unpaired) electrons. The zero-order valence-corrected chi connectivity index (χ0v) is 7.28. The number of rotatable bonds is 2. The van der Waals surface area contributed by atoms with Gasteiger partial charge in [-0.2, -0.15) is 0 Å². The third-order valence-corrected chi connectivity index (χ3v) is 1.86. The van der Waals surface area contributed by atoms with Crippen LogP contribution < -0.4 is 5.73 Å². The van der Waals surface area contributed by atoms with Crippen LogP contribution in [0.25, 0.3) is 0 Å². The fourth-order valence-corrected chi connectivity index (χ4v) is 1.04. The van der Waals surface area contributed by atoms with Crippen LogP contribution in [0.5, 0.6) is 0 Å². The number of nitrogens with zero attached hydrogens (tertiary/aromatic N) is 2. The molecule has 1 aromatic rings. The lowest BCUT2D eigenvalue weighted by Gasteiger charge is -2.22. The Labute approximate surface area is 71.5 Å². The third-order valence-electron chi connectivity index (χ3n) is 1.86. The van der Waals surface area contributed by atoms with Crippen molar-refractivity contribution in [1.29, 1.82) is 0 Å². The molecule has 0 aromatic carbocycles. The summed E-state index contributed by atoms with van der Waals surface area (Å²) in [5.41, 5.74) is 6.66. The second kappa shape index (κ2) is 3.16. The van der Waals surface area contributed by atoms with Crippen LogP contribution in [0.3, 0.4) is 0 Å². The third kappa shape index (κ3) is 1.60. The minimum absolute atomic E-state index is 0.110. The molecule has 12 heavy (non-hydrogen) atoms. The van der Waals surface area contributed by atoms with Crippen LogP contribution in [0.1, 0.15) is 18.2 Å². The minimum Gasteiger partial charge on any atom is -0.394 e. The van der Waals surface area contributed by atoms with Gasteiger partial charge in [-0.1, -0.05) is 0 Å². The van der Waals surface area contributed by atoms with E-state index in [4.69, 9.17) is 10.8 Å². The molecule has 1 heterocycles. The number of nitrogens with two attached hydrogens (primary N) is 1. The van der Waals surface area contributed by atoms with Gasteiger partial charge in [0, 0.05) is 17.5 Å². The second-order valence-corrected chi connectivity index (χ2v) is 3.10. The Balaban J connectivity index is 3.10. The van der Waals surface area contributed by atoms with E-state index in [1.807, 2.05) is 6.92 Å². The van der Waals surface area contributed by atoms with Gasteiger partial charge in [-0.25, -0.2) is 9.97 Å². The Morgan fingerprint density at radius 1 is 1.67 bits per heavy atom. The van der Waals surface area contributed by atoms with Crippen molar-refractivity contribution in [3.05, 3.63) is 23.8 Å². The van der Waals surface area contributed by atoms with Crippen LogP contribution in [0.4, 0.5) is 0 Å². The van der Waals surface area contributed by atoms with Crippen molar-refractivity contribution in [3.63, 3.8) is 0 Å². The fraction of sp³-hybridized carbons (Fsp3) is 0.500. The number of aromatic nitrogens is 2. The predicted octanol–water partition coefficient (Wildman–Crippen LogP) is -0.0488. The van der Waals surface area contributed by atoms with Crippen molar-refractivity contribution in [2.45, 2.75) is 19.4 Å². The molecule has 0 fully saturated rings. The van der Waals surface area contributed by atoms with Crippen LogP contribution >= 0.6 is 0 Å². The Hall–Kier alpha value is -1.00. The van der Waals surface area contributed by atoms with E-state index in [2.05, 4.69) is 9.97 Å². The summed E-state index contributed by atoms with van der Waals surface area (Å²) in [6, 6.07) is 0. The van der Waals surface area contributed by atoms with Gasteiger partial charge in [0.05, 0.1) is 12.1 Å². The Morgan fingerprint density at radius 2 is 2.33 bits per heavy atom. The van der Waals surface area contributed by atoms with E-state index in [0.717, 1.165) is 11.3 Å². The summed E-state index contributed by atoms with van der Waals surface area (Å²) in [5, 5.41) is 8.99. The highest BCUT2D eigenvalue weighted by atomic mass is 16.3. The molecule has 0 aliphatic heterocycles. The first-order chi connectivity index (χ1) is 5.58. The van der Waals surface area contributed by atoms with Crippen LogP contribution in [0.2, 0.25) is 0 Å². The van der Waals surface area contributed by atoms with Gasteiger partial charge in [-0.15, -0.1) is 0 Å². The molecule has 3 N–H and O–H groups in total. The predicted molar refractivity (Wildman–Crippen MR) is 45.4 cm³/mol. The van der Waals surface area contributed by atoms with Crippen LogP contribution in [-0.2, 0) is 5.54 Å². The monoisotopic (exact) mass is 167 g/mol. The molecule has 4 nitrogen and oxygen atoms in total. The highest BCUT2D eigenvalue weighted by Crippen LogP contribution is 2.17. The molecule has 0 bridgehead atoms. The summed E-state index contributed by atoms with van der Waals surface area (Å²) in [7, 11) is 0. The van der Waals surface area contributed by atoms with Crippen molar-refractivity contribution < 1.29 is 5.11 Å². The summed E-state index contributed by atoms with van der Waals surface area (Å²) in [4.78, 5) is 7.85. The topological polar surface area (TPSA) is 72.0 Å². The molecule has 0 amide bonds. The zero-order valence-electron chi connectivity index (χ0n) is 7.28. The van der Waals surface area contributed by atoms with Crippen molar-refractivity contribution in [3.8, 4) is 0 Å². The summed E-state index contributed by atoms with van der Waals surface area (Å²) >= 11 is 0. The van der Waals surface area contributed by atoms with E-state index in [1.165, 1.54) is 6.33 Å². The van der Waals surface area contributed by atoms with Crippen molar-refractivity contribution in [2.24, 2.45) is 5.73 Å². The van der Waals surface area contributed by atoms with Crippen molar-refractivity contribution in [2.75, 3.05) is 6.61 Å². The highest BCUT2D eigenvalue weighted by molar-refractivity contribution is 5.23. The van der Waals surface area contributed by atoms with E-state index < -0.39 is 5.54 Å². The average molecular weight is 167 g/mol. The Morgan fingerprint density at radius 3 is 2.83 bits per heavy atom. The quantitative estimate of drug-likeness (QED) is 0.648. The normalized spacial score (nSPS) is 15.7. The maximum Gasteiger partial charge on any atom is 0.115 e. The SMILES string of the molecule is Cc1ncncc1C(C)(N)CO. The lowest BCUT2D eigenvalue weighted by atomic mass is 9.94. The fourth-order valence-electron chi connectivity index (χ4n) is 1.04. The number of aliphatic hydroxyl groups is 1. The first-order valence-electron chi connectivity index (χ1n) is 3.75. The molecule has 4 heteroatoms. The van der Waals surface area contributed by atoms with E-state index >= 15 is 0 Å². The van der Waals surface area contributed by atoms with Gasteiger partial charge in [0.15, 0.2) is 0 Å².